The fraction of sp³-hybridized carbons (Fsp3) is 0.533. The van der Waals surface area contributed by atoms with Crippen molar-refractivity contribution < 1.29 is 9.72 Å². The van der Waals surface area contributed by atoms with Crippen LogP contribution in [0.2, 0.25) is 0 Å². The minimum atomic E-state index is -0.567. The van der Waals surface area contributed by atoms with E-state index in [0.29, 0.717) is 12.5 Å². The average molecular weight is 289 g/mol. The van der Waals surface area contributed by atoms with Crippen molar-refractivity contribution in [2.24, 2.45) is 17.8 Å². The van der Waals surface area contributed by atoms with Crippen LogP contribution in [0.25, 0.3) is 0 Å². The molecule has 6 heteroatoms. The van der Waals surface area contributed by atoms with Crippen LogP contribution in [-0.2, 0) is 0 Å². The van der Waals surface area contributed by atoms with Gasteiger partial charge in [0.25, 0.3) is 11.6 Å². The summed E-state index contributed by atoms with van der Waals surface area (Å²) in [6.07, 6.45) is 5.08. The van der Waals surface area contributed by atoms with Crippen LogP contribution in [0, 0.1) is 27.9 Å². The molecular weight excluding hydrogens is 270 g/mol. The van der Waals surface area contributed by atoms with Gasteiger partial charge in [-0.2, -0.15) is 0 Å². The monoisotopic (exact) mass is 289 g/mol. The Kier molecular flexibility index (Phi) is 3.53. The Morgan fingerprint density at radius 1 is 1.38 bits per heavy atom. The second kappa shape index (κ2) is 5.35. The minimum Gasteiger partial charge on any atom is -0.393 e. The smallest absolute Gasteiger partial charge is 0.292 e. The Balaban J connectivity index is 1.66. The molecule has 1 amide bonds. The number of nitrogens with two attached hydrogens (primary N) is 1. The number of carbonyl (C=O) groups is 1. The predicted octanol–water partition coefficient (Wildman–Crippen LogP) is 2.34. The maximum atomic E-state index is 12.2. The van der Waals surface area contributed by atoms with E-state index in [1.165, 1.54) is 43.9 Å². The Hall–Kier alpha value is -2.11. The summed E-state index contributed by atoms with van der Waals surface area (Å²) in [4.78, 5) is 22.5. The minimum absolute atomic E-state index is 0.0621. The zero-order valence-electron chi connectivity index (χ0n) is 11.7. The lowest BCUT2D eigenvalue weighted by Gasteiger charge is -2.21. The van der Waals surface area contributed by atoms with E-state index in [1.807, 2.05) is 0 Å². The van der Waals surface area contributed by atoms with Crippen LogP contribution in [0.3, 0.4) is 0 Å². The maximum absolute atomic E-state index is 12.2. The Morgan fingerprint density at radius 3 is 2.81 bits per heavy atom. The number of nitro groups is 1. The first-order chi connectivity index (χ1) is 10.1. The first kappa shape index (κ1) is 13.9. The van der Waals surface area contributed by atoms with E-state index in [0.717, 1.165) is 11.8 Å². The highest BCUT2D eigenvalue weighted by Crippen LogP contribution is 2.47. The topological polar surface area (TPSA) is 98.3 Å². The Bertz CT molecular complexity index is 588. The second-order valence-electron chi connectivity index (χ2n) is 6.14. The number of nitrogens with one attached hydrogen (secondary N) is 1. The Morgan fingerprint density at radius 2 is 2.19 bits per heavy atom. The molecule has 21 heavy (non-hydrogen) atoms. The Labute approximate surface area is 122 Å². The molecule has 112 valence electrons. The normalized spacial score (nSPS) is 26.8. The number of rotatable bonds is 4. The van der Waals surface area contributed by atoms with E-state index in [4.69, 9.17) is 5.73 Å². The second-order valence-corrected chi connectivity index (χ2v) is 6.14. The van der Waals surface area contributed by atoms with Gasteiger partial charge in [-0.1, -0.05) is 12.5 Å². The number of amides is 1. The summed E-state index contributed by atoms with van der Waals surface area (Å²) < 4.78 is 0. The molecule has 1 aromatic carbocycles. The molecule has 2 saturated carbocycles. The third-order valence-electron chi connectivity index (χ3n) is 4.93. The number of hydrogen-bond donors (Lipinski definition) is 2. The number of nitro benzene ring substituents is 1. The molecule has 0 aromatic heterocycles. The van der Waals surface area contributed by atoms with Gasteiger partial charge in [0.2, 0.25) is 0 Å². The number of para-hydroxylation sites is 1. The number of anilines is 1. The van der Waals surface area contributed by atoms with Gasteiger partial charge < -0.3 is 11.1 Å². The molecule has 2 bridgehead atoms. The number of nitrogen functional groups attached to an aromatic ring is 1. The van der Waals surface area contributed by atoms with Gasteiger partial charge in [-0.15, -0.1) is 0 Å². The summed E-state index contributed by atoms with van der Waals surface area (Å²) in [5.74, 6) is 1.80. The first-order valence-electron chi connectivity index (χ1n) is 7.37. The van der Waals surface area contributed by atoms with Gasteiger partial charge in [-0.3, -0.25) is 14.9 Å². The van der Waals surface area contributed by atoms with Crippen molar-refractivity contribution in [3.63, 3.8) is 0 Å². The van der Waals surface area contributed by atoms with Crippen molar-refractivity contribution in [2.45, 2.75) is 25.7 Å². The zero-order valence-corrected chi connectivity index (χ0v) is 11.7. The number of fused-ring (bicyclic) bond motifs is 2. The van der Waals surface area contributed by atoms with E-state index >= 15 is 0 Å². The lowest BCUT2D eigenvalue weighted by molar-refractivity contribution is -0.383. The van der Waals surface area contributed by atoms with Crippen LogP contribution in [0.4, 0.5) is 11.4 Å². The molecule has 0 heterocycles. The lowest BCUT2D eigenvalue weighted by atomic mass is 9.89. The molecule has 0 saturated heterocycles. The fourth-order valence-corrected chi connectivity index (χ4v) is 3.86. The molecule has 0 spiro atoms. The predicted molar refractivity (Wildman–Crippen MR) is 78.8 cm³/mol. The lowest BCUT2D eigenvalue weighted by Crippen LogP contribution is -2.32. The summed E-state index contributed by atoms with van der Waals surface area (Å²) in [5, 5.41) is 13.7. The number of hydrogen-bond acceptors (Lipinski definition) is 4. The van der Waals surface area contributed by atoms with E-state index < -0.39 is 4.92 Å². The quantitative estimate of drug-likeness (QED) is 0.505. The largest absolute Gasteiger partial charge is 0.393 e. The van der Waals surface area contributed by atoms with Crippen molar-refractivity contribution in [2.75, 3.05) is 12.3 Å². The zero-order chi connectivity index (χ0) is 15.0. The highest BCUT2D eigenvalue weighted by atomic mass is 16.6. The van der Waals surface area contributed by atoms with E-state index in [1.54, 1.807) is 0 Å². The molecule has 6 nitrogen and oxygen atoms in total. The van der Waals surface area contributed by atoms with Crippen molar-refractivity contribution >= 4 is 17.3 Å². The SMILES string of the molecule is Nc1c(C(=O)NCC2CC3CCC2C3)cccc1[N+](=O)[O-]. The van der Waals surface area contributed by atoms with Gasteiger partial charge in [0.05, 0.1) is 10.5 Å². The third kappa shape index (κ3) is 2.57. The van der Waals surface area contributed by atoms with Crippen LogP contribution < -0.4 is 11.1 Å². The van der Waals surface area contributed by atoms with E-state index in [-0.39, 0.29) is 22.8 Å². The van der Waals surface area contributed by atoms with Gasteiger partial charge in [-0.25, -0.2) is 0 Å². The molecular formula is C15H19N3O3. The molecule has 3 rings (SSSR count). The summed E-state index contributed by atoms with van der Waals surface area (Å²) in [7, 11) is 0. The molecule has 1 aromatic rings. The number of carbonyl (C=O) groups excluding carboxylic acids is 1. The van der Waals surface area contributed by atoms with Gasteiger partial charge >= 0.3 is 0 Å². The van der Waals surface area contributed by atoms with Gasteiger partial charge in [0, 0.05) is 12.6 Å². The molecule has 0 aliphatic heterocycles. The van der Waals surface area contributed by atoms with E-state index in [2.05, 4.69) is 5.32 Å². The van der Waals surface area contributed by atoms with Crippen LogP contribution in [0.1, 0.15) is 36.0 Å². The van der Waals surface area contributed by atoms with Crippen molar-refractivity contribution in [3.05, 3.63) is 33.9 Å². The molecule has 2 fully saturated rings. The molecule has 3 N–H and O–H groups in total. The summed E-state index contributed by atoms with van der Waals surface area (Å²) >= 11 is 0. The summed E-state index contributed by atoms with van der Waals surface area (Å²) in [6.45, 7) is 0.641. The number of nitrogens with zero attached hydrogens (tertiary/aromatic N) is 1. The van der Waals surface area contributed by atoms with Gasteiger partial charge in [-0.05, 0) is 43.1 Å². The summed E-state index contributed by atoms with van der Waals surface area (Å²) in [6, 6.07) is 4.32. The average Bonchev–Trinajstić information content (AvgIpc) is 3.07. The van der Waals surface area contributed by atoms with Gasteiger partial charge in [0.1, 0.15) is 5.69 Å². The third-order valence-corrected chi connectivity index (χ3v) is 4.93. The maximum Gasteiger partial charge on any atom is 0.292 e. The van der Waals surface area contributed by atoms with E-state index in [9.17, 15) is 14.9 Å². The van der Waals surface area contributed by atoms with Crippen LogP contribution in [0.5, 0.6) is 0 Å². The molecule has 3 atom stereocenters. The molecule has 3 unspecified atom stereocenters. The van der Waals surface area contributed by atoms with Crippen LogP contribution in [-0.4, -0.2) is 17.4 Å². The molecule has 2 aliphatic carbocycles. The standard InChI is InChI=1S/C15H19N3O3/c16-14-12(2-1-3-13(14)18(20)21)15(19)17-8-11-7-9-4-5-10(11)6-9/h1-3,9-11H,4-8,16H2,(H,17,19). The highest BCUT2D eigenvalue weighted by molar-refractivity contribution is 6.00. The fourth-order valence-electron chi connectivity index (χ4n) is 3.86. The van der Waals surface area contributed by atoms with Crippen molar-refractivity contribution in [1.29, 1.82) is 0 Å². The summed E-state index contributed by atoms with van der Waals surface area (Å²) in [5.41, 5.74) is 5.63. The van der Waals surface area contributed by atoms with Gasteiger partial charge in [0.15, 0.2) is 0 Å². The molecule has 0 radical (unpaired) electrons. The molecule has 2 aliphatic rings. The highest BCUT2D eigenvalue weighted by Gasteiger charge is 2.39. The van der Waals surface area contributed by atoms with Crippen LogP contribution in [0.15, 0.2) is 18.2 Å². The number of benzene rings is 1. The van der Waals surface area contributed by atoms with Crippen LogP contribution >= 0.6 is 0 Å². The first-order valence-corrected chi connectivity index (χ1v) is 7.37. The van der Waals surface area contributed by atoms with Crippen molar-refractivity contribution in [3.8, 4) is 0 Å². The van der Waals surface area contributed by atoms with Crippen molar-refractivity contribution in [1.82, 2.24) is 5.32 Å².